The molecule has 1 atom stereocenters. The number of esters is 3. The molecule has 0 aliphatic heterocycles. The van der Waals surface area contributed by atoms with E-state index in [1.807, 2.05) is 0 Å². The van der Waals surface area contributed by atoms with Crippen molar-refractivity contribution in [2.45, 2.75) is 290 Å². The minimum absolute atomic E-state index is 0.0769. The molecule has 0 spiro atoms. The number of unbranched alkanes of at least 4 members (excludes halogenated alkanes) is 32. The van der Waals surface area contributed by atoms with E-state index in [-0.39, 0.29) is 31.1 Å². The minimum Gasteiger partial charge on any atom is -0.462 e. The van der Waals surface area contributed by atoms with Gasteiger partial charge in [-0.2, -0.15) is 0 Å². The molecule has 0 fully saturated rings. The number of allylic oxidation sites excluding steroid dienone is 6. The molecule has 0 saturated heterocycles. The van der Waals surface area contributed by atoms with Crippen molar-refractivity contribution in [3.63, 3.8) is 0 Å². The molecule has 0 amide bonds. The first kappa shape index (κ1) is 59.6. The van der Waals surface area contributed by atoms with Crippen LogP contribution in [0, 0.1) is 0 Å². The number of carbonyl (C=O) groups excluding carboxylic acids is 3. The van der Waals surface area contributed by atoms with Crippen LogP contribution < -0.4 is 0 Å². The van der Waals surface area contributed by atoms with E-state index in [0.717, 1.165) is 83.5 Å². The molecule has 0 aliphatic carbocycles. The quantitative estimate of drug-likeness (QED) is 0.0262. The van der Waals surface area contributed by atoms with Crippen LogP contribution in [-0.4, -0.2) is 37.2 Å². The van der Waals surface area contributed by atoms with E-state index in [2.05, 4.69) is 57.2 Å². The summed E-state index contributed by atoms with van der Waals surface area (Å²) >= 11 is 0. The second kappa shape index (κ2) is 51.3. The maximum atomic E-state index is 12.8. The van der Waals surface area contributed by atoms with E-state index >= 15 is 0 Å². The van der Waals surface area contributed by atoms with Crippen LogP contribution in [0.2, 0.25) is 0 Å². The summed E-state index contributed by atoms with van der Waals surface area (Å²) in [7, 11) is 0. The van der Waals surface area contributed by atoms with Gasteiger partial charge in [-0.15, -0.1) is 0 Å². The molecule has 0 aromatic carbocycles. The summed E-state index contributed by atoms with van der Waals surface area (Å²) in [5, 5.41) is 0. The predicted octanol–water partition coefficient (Wildman–Crippen LogP) is 17.7. The van der Waals surface area contributed by atoms with Crippen LogP contribution in [-0.2, 0) is 28.6 Å². The Labute approximate surface area is 385 Å². The molecule has 0 heterocycles. The Kier molecular flexibility index (Phi) is 49.3. The topological polar surface area (TPSA) is 78.9 Å². The third kappa shape index (κ3) is 48.7. The van der Waals surface area contributed by atoms with Crippen molar-refractivity contribution in [2.75, 3.05) is 13.2 Å². The molecule has 0 aliphatic rings. The summed E-state index contributed by atoms with van der Waals surface area (Å²) in [5.74, 6) is -0.892. The lowest BCUT2D eigenvalue weighted by Crippen LogP contribution is -2.30. The summed E-state index contributed by atoms with van der Waals surface area (Å²) in [4.78, 5) is 38.0. The molecule has 0 bridgehead atoms. The second-order valence-electron chi connectivity index (χ2n) is 18.1. The van der Waals surface area contributed by atoms with Gasteiger partial charge in [0.25, 0.3) is 0 Å². The SMILES string of the molecule is CC/C=C\C/C=C\C/C=C\CCCCCC(=O)OCC(COC(=O)CCCCCCCCCCCCCCCCCC)OC(=O)CCCCCCCCCCCCCCCCC. The lowest BCUT2D eigenvalue weighted by molar-refractivity contribution is -0.167. The van der Waals surface area contributed by atoms with Gasteiger partial charge in [-0.1, -0.05) is 250 Å². The van der Waals surface area contributed by atoms with Crippen LogP contribution in [0.4, 0.5) is 0 Å². The van der Waals surface area contributed by atoms with Gasteiger partial charge in [-0.25, -0.2) is 0 Å². The number of ether oxygens (including phenoxy) is 3. The van der Waals surface area contributed by atoms with E-state index in [1.165, 1.54) is 161 Å². The molecule has 62 heavy (non-hydrogen) atoms. The largest absolute Gasteiger partial charge is 0.462 e. The highest BCUT2D eigenvalue weighted by Gasteiger charge is 2.19. The molecular formula is C56H102O6. The Hall–Kier alpha value is -2.37. The van der Waals surface area contributed by atoms with Crippen LogP contribution in [0.3, 0.4) is 0 Å². The summed E-state index contributed by atoms with van der Waals surface area (Å²) in [6.07, 6.45) is 59.9. The Balaban J connectivity index is 4.36. The van der Waals surface area contributed by atoms with Crippen molar-refractivity contribution in [2.24, 2.45) is 0 Å². The maximum absolute atomic E-state index is 12.8. The Bertz CT molecular complexity index is 1050. The van der Waals surface area contributed by atoms with Gasteiger partial charge >= 0.3 is 17.9 Å². The first-order chi connectivity index (χ1) is 30.5. The standard InChI is InChI=1S/C56H102O6/c1-4-7-10-13-16-19-22-25-27-29-31-34-37-40-43-46-49-55(58)61-52-53(51-60-54(57)48-45-42-39-36-33-30-24-21-18-15-12-9-6-3)62-56(59)50-47-44-41-38-35-32-28-26-23-20-17-14-11-8-5-2/h9,12,18,21,30,33,53H,4-8,10-11,13-17,19-20,22-29,31-32,34-52H2,1-3H3/b12-9-,21-18-,33-30-. The van der Waals surface area contributed by atoms with Crippen molar-refractivity contribution < 1.29 is 28.6 Å². The van der Waals surface area contributed by atoms with Crippen molar-refractivity contribution in [3.05, 3.63) is 36.5 Å². The predicted molar refractivity (Wildman–Crippen MR) is 266 cm³/mol. The summed E-state index contributed by atoms with van der Waals surface area (Å²) < 4.78 is 16.8. The first-order valence-electron chi connectivity index (χ1n) is 27.0. The molecule has 6 heteroatoms. The summed E-state index contributed by atoms with van der Waals surface area (Å²) in [6.45, 7) is 6.53. The van der Waals surface area contributed by atoms with E-state index in [1.54, 1.807) is 0 Å². The zero-order valence-electron chi connectivity index (χ0n) is 41.4. The van der Waals surface area contributed by atoms with E-state index < -0.39 is 6.10 Å². The van der Waals surface area contributed by atoms with Gasteiger partial charge in [0.05, 0.1) is 0 Å². The molecule has 0 aromatic heterocycles. The van der Waals surface area contributed by atoms with Gasteiger partial charge in [0, 0.05) is 19.3 Å². The number of hydrogen-bond acceptors (Lipinski definition) is 6. The zero-order chi connectivity index (χ0) is 45.1. The van der Waals surface area contributed by atoms with Crippen molar-refractivity contribution in [1.82, 2.24) is 0 Å². The van der Waals surface area contributed by atoms with Crippen LogP contribution in [0.25, 0.3) is 0 Å². The maximum Gasteiger partial charge on any atom is 0.306 e. The third-order valence-corrected chi connectivity index (χ3v) is 11.9. The van der Waals surface area contributed by atoms with Crippen molar-refractivity contribution in [3.8, 4) is 0 Å². The van der Waals surface area contributed by atoms with Crippen LogP contribution in [0.1, 0.15) is 284 Å². The van der Waals surface area contributed by atoms with Crippen LogP contribution >= 0.6 is 0 Å². The molecule has 0 N–H and O–H groups in total. The fourth-order valence-corrected chi connectivity index (χ4v) is 7.87. The Morgan fingerprint density at radius 1 is 0.339 bits per heavy atom. The molecule has 0 saturated carbocycles. The Morgan fingerprint density at radius 3 is 0.984 bits per heavy atom. The van der Waals surface area contributed by atoms with Crippen LogP contribution in [0.15, 0.2) is 36.5 Å². The summed E-state index contributed by atoms with van der Waals surface area (Å²) in [6, 6.07) is 0. The molecular weight excluding hydrogens is 769 g/mol. The van der Waals surface area contributed by atoms with Gasteiger partial charge in [0.1, 0.15) is 13.2 Å². The highest BCUT2D eigenvalue weighted by atomic mass is 16.6. The first-order valence-corrected chi connectivity index (χ1v) is 27.0. The summed E-state index contributed by atoms with van der Waals surface area (Å²) in [5.41, 5.74) is 0. The number of hydrogen-bond donors (Lipinski definition) is 0. The third-order valence-electron chi connectivity index (χ3n) is 11.9. The number of rotatable bonds is 49. The fourth-order valence-electron chi connectivity index (χ4n) is 7.87. The van der Waals surface area contributed by atoms with Gasteiger partial charge in [0.2, 0.25) is 0 Å². The molecule has 6 nitrogen and oxygen atoms in total. The van der Waals surface area contributed by atoms with Crippen molar-refractivity contribution in [1.29, 1.82) is 0 Å². The second-order valence-corrected chi connectivity index (χ2v) is 18.1. The minimum atomic E-state index is -0.778. The highest BCUT2D eigenvalue weighted by Crippen LogP contribution is 2.16. The molecule has 1 unspecified atom stereocenters. The smallest absolute Gasteiger partial charge is 0.306 e. The Morgan fingerprint density at radius 2 is 0.629 bits per heavy atom. The molecule has 362 valence electrons. The van der Waals surface area contributed by atoms with E-state index in [0.29, 0.717) is 19.3 Å². The monoisotopic (exact) mass is 871 g/mol. The number of carbonyl (C=O) groups is 3. The highest BCUT2D eigenvalue weighted by molar-refractivity contribution is 5.71. The van der Waals surface area contributed by atoms with Crippen LogP contribution in [0.5, 0.6) is 0 Å². The lowest BCUT2D eigenvalue weighted by atomic mass is 10.0. The van der Waals surface area contributed by atoms with Gasteiger partial charge in [-0.05, 0) is 51.4 Å². The zero-order valence-corrected chi connectivity index (χ0v) is 41.4. The lowest BCUT2D eigenvalue weighted by Gasteiger charge is -2.18. The average Bonchev–Trinajstić information content (AvgIpc) is 3.27. The average molecular weight is 871 g/mol. The molecule has 0 aromatic rings. The van der Waals surface area contributed by atoms with Crippen molar-refractivity contribution >= 4 is 17.9 Å². The van der Waals surface area contributed by atoms with Gasteiger partial charge in [-0.3, -0.25) is 14.4 Å². The van der Waals surface area contributed by atoms with E-state index in [4.69, 9.17) is 14.2 Å². The molecule has 0 rings (SSSR count). The molecule has 0 radical (unpaired) electrons. The van der Waals surface area contributed by atoms with Gasteiger partial charge < -0.3 is 14.2 Å². The fraction of sp³-hybridized carbons (Fsp3) is 0.839. The normalized spacial score (nSPS) is 12.2. The van der Waals surface area contributed by atoms with Gasteiger partial charge in [0.15, 0.2) is 6.10 Å². The van der Waals surface area contributed by atoms with E-state index in [9.17, 15) is 14.4 Å².